The van der Waals surface area contributed by atoms with Gasteiger partial charge >= 0.3 is 11.9 Å². The molecule has 6 aliphatic rings. The van der Waals surface area contributed by atoms with Gasteiger partial charge in [-0.15, -0.1) is 0 Å². The number of esters is 2. The molecule has 9 rings (SSSR count). The summed E-state index contributed by atoms with van der Waals surface area (Å²) in [6.07, 6.45) is 9.48. The molecule has 2 aromatic carbocycles. The van der Waals surface area contributed by atoms with Crippen molar-refractivity contribution in [3.8, 4) is 5.75 Å². The Labute approximate surface area is 366 Å². The van der Waals surface area contributed by atoms with Gasteiger partial charge in [0.15, 0.2) is 0 Å². The van der Waals surface area contributed by atoms with Crippen LogP contribution in [0.2, 0.25) is 0 Å². The Balaban J connectivity index is 1.33. The lowest BCUT2D eigenvalue weighted by molar-refractivity contribution is -0.217. The molecule has 12 nitrogen and oxygen atoms in total. The first-order valence-corrected chi connectivity index (χ1v) is 22.9. The van der Waals surface area contributed by atoms with E-state index in [0.717, 1.165) is 78.0 Å². The lowest BCUT2D eigenvalue weighted by Crippen LogP contribution is -2.81. The fourth-order valence-corrected chi connectivity index (χ4v) is 13.7. The van der Waals surface area contributed by atoms with Gasteiger partial charge in [-0.25, -0.2) is 0 Å². The van der Waals surface area contributed by atoms with Gasteiger partial charge in [0.2, 0.25) is 5.91 Å². The van der Waals surface area contributed by atoms with Crippen LogP contribution in [-0.4, -0.2) is 122 Å². The van der Waals surface area contributed by atoms with E-state index in [1.807, 2.05) is 27.0 Å². The highest BCUT2D eigenvalue weighted by molar-refractivity contribution is 5.94. The predicted octanol–water partition coefficient (Wildman–Crippen LogP) is 5.79. The lowest BCUT2D eigenvalue weighted by atomic mass is 9.47. The summed E-state index contributed by atoms with van der Waals surface area (Å²) in [5.74, 6) is -0.291. The highest BCUT2D eigenvalue weighted by atomic mass is 16.6. The Morgan fingerprint density at radius 1 is 1.06 bits per heavy atom. The van der Waals surface area contributed by atoms with Crippen LogP contribution in [0.3, 0.4) is 0 Å². The summed E-state index contributed by atoms with van der Waals surface area (Å²) in [7, 11) is 5.16. The first kappa shape index (κ1) is 42.6. The molecule has 2 unspecified atom stereocenters. The number of benzene rings is 2. The number of rotatable bonds is 10. The number of hydrogen-bond donors (Lipinski definition) is 3. The first-order chi connectivity index (χ1) is 29.7. The summed E-state index contributed by atoms with van der Waals surface area (Å²) in [5.41, 5.74) is 2.32. The van der Waals surface area contributed by atoms with Gasteiger partial charge in [0.1, 0.15) is 22.9 Å². The Morgan fingerprint density at radius 3 is 2.56 bits per heavy atom. The Hall–Kier alpha value is -4.65. The zero-order chi connectivity index (χ0) is 43.9. The molecule has 332 valence electrons. The molecule has 1 aliphatic carbocycles. The van der Waals surface area contributed by atoms with E-state index in [1.165, 1.54) is 19.6 Å². The molecule has 1 amide bonds. The standard InChI is InChI=1S/C50H65N5O7/c1-9-32-23-33-26-49(46(58)61-8,42-35(16-20-54(27-32)28-33)34-14-11-12-15-38(34)52-42)37-24-36-39(25-40(37)60-7)53(6)44-48(36)18-21-55-19-13-17-47(10-2,43(48)55)45(62-31(5)56)50(44,59)29-51-41(57)22-30(3)4/h11-15,17,23-25,30,33,43-45,52,59H,9-10,16,18-22,26-29H2,1-8H3,(H,51,57)/t33-,43-,44+,45+,47+,48+,49-,50?/m0/s1. The number of aromatic amines is 1. The molecule has 2 fully saturated rings. The maximum Gasteiger partial charge on any atom is 0.322 e. The Morgan fingerprint density at radius 2 is 1.85 bits per heavy atom. The van der Waals surface area contributed by atoms with Gasteiger partial charge in [-0.2, -0.15) is 0 Å². The van der Waals surface area contributed by atoms with E-state index in [9.17, 15) is 14.7 Å². The molecule has 9 atom stereocenters. The normalized spacial score (nSPS) is 33.4. The van der Waals surface area contributed by atoms with E-state index in [2.05, 4.69) is 87.4 Å². The number of likely N-dealkylation sites (N-methyl/N-ethyl adjacent to an activating group) is 1. The zero-order valence-electron chi connectivity index (χ0n) is 37.8. The molecule has 5 aliphatic heterocycles. The van der Waals surface area contributed by atoms with Crippen LogP contribution in [0, 0.1) is 17.3 Å². The number of nitrogens with zero attached hydrogens (tertiary/aromatic N) is 3. The van der Waals surface area contributed by atoms with E-state index >= 15 is 4.79 Å². The van der Waals surface area contributed by atoms with Crippen LogP contribution in [0.4, 0.5) is 5.69 Å². The number of H-pyrrole nitrogens is 1. The summed E-state index contributed by atoms with van der Waals surface area (Å²) in [6.45, 7) is 13.7. The Kier molecular flexibility index (Phi) is 10.7. The molecule has 3 aromatic rings. The number of hydrogen-bond acceptors (Lipinski definition) is 10. The minimum atomic E-state index is -1.74. The number of para-hydroxylation sites is 1. The minimum absolute atomic E-state index is 0.0404. The van der Waals surface area contributed by atoms with Crippen molar-refractivity contribution < 1.29 is 33.7 Å². The number of methoxy groups -OCH3 is 2. The van der Waals surface area contributed by atoms with Gasteiger partial charge in [-0.05, 0) is 73.7 Å². The van der Waals surface area contributed by atoms with Gasteiger partial charge in [-0.1, -0.05) is 69.7 Å². The molecule has 6 heterocycles. The Bertz CT molecular complexity index is 2350. The van der Waals surface area contributed by atoms with E-state index in [-0.39, 0.29) is 36.3 Å². The van der Waals surface area contributed by atoms with E-state index in [4.69, 9.17) is 14.2 Å². The number of carbonyl (C=O) groups is 3. The second-order valence-corrected chi connectivity index (χ2v) is 19.5. The van der Waals surface area contributed by atoms with Crippen LogP contribution in [-0.2, 0) is 41.1 Å². The highest BCUT2D eigenvalue weighted by Crippen LogP contribution is 2.68. The van der Waals surface area contributed by atoms with E-state index in [1.54, 1.807) is 7.11 Å². The van der Waals surface area contributed by atoms with Crippen molar-refractivity contribution in [2.75, 3.05) is 65.4 Å². The van der Waals surface area contributed by atoms with Gasteiger partial charge in [-0.3, -0.25) is 24.2 Å². The number of aromatic nitrogens is 1. The molecule has 0 radical (unpaired) electrons. The molecule has 12 heteroatoms. The van der Waals surface area contributed by atoms with Crippen molar-refractivity contribution in [2.24, 2.45) is 17.3 Å². The summed E-state index contributed by atoms with van der Waals surface area (Å²) < 4.78 is 18.9. The largest absolute Gasteiger partial charge is 0.496 e. The van der Waals surface area contributed by atoms with Crippen LogP contribution in [0.25, 0.3) is 10.9 Å². The fraction of sp³-hybridized carbons (Fsp3) is 0.580. The molecule has 2 bridgehead atoms. The molecule has 1 saturated heterocycles. The van der Waals surface area contributed by atoms with Crippen molar-refractivity contribution >= 4 is 34.4 Å². The SMILES string of the molecule is CCC1=C[C@@H]2CN(CCc3c([nH]c4ccccc34)[C@@](C(=O)OC)(c3cc4c(cc3OC)N(C)[C@H]3C(O)(CNC(=O)CC(C)C)[C@H](OC(C)=O)[C@]5(CC)C=CCN6CC[C@]43[C@@H]65)C2)C1. The topological polar surface area (TPSA) is 137 Å². The molecule has 1 aromatic heterocycles. The second-order valence-electron chi connectivity index (χ2n) is 19.5. The fourth-order valence-electron chi connectivity index (χ4n) is 13.7. The van der Waals surface area contributed by atoms with Crippen molar-refractivity contribution in [3.05, 3.63) is 82.6 Å². The van der Waals surface area contributed by atoms with Crippen LogP contribution >= 0.6 is 0 Å². The van der Waals surface area contributed by atoms with E-state index in [0.29, 0.717) is 38.0 Å². The quantitative estimate of drug-likeness (QED) is 0.170. The summed E-state index contributed by atoms with van der Waals surface area (Å²) in [6, 6.07) is 11.8. The smallest absolute Gasteiger partial charge is 0.322 e. The second kappa shape index (κ2) is 15.6. The van der Waals surface area contributed by atoms with Crippen molar-refractivity contribution in [1.82, 2.24) is 20.1 Å². The van der Waals surface area contributed by atoms with Crippen molar-refractivity contribution in [1.29, 1.82) is 0 Å². The number of nitrogens with one attached hydrogen (secondary N) is 2. The number of aliphatic hydroxyl groups is 1. The average Bonchev–Trinajstić information content (AvgIpc) is 3.92. The number of carbonyl (C=O) groups excluding carboxylic acids is 3. The van der Waals surface area contributed by atoms with Gasteiger partial charge in [0.25, 0.3) is 0 Å². The molecule has 62 heavy (non-hydrogen) atoms. The van der Waals surface area contributed by atoms with Crippen LogP contribution in [0.15, 0.2) is 60.2 Å². The molecular weight excluding hydrogens is 783 g/mol. The van der Waals surface area contributed by atoms with Crippen LogP contribution in [0.5, 0.6) is 5.75 Å². The third-order valence-corrected chi connectivity index (χ3v) is 15.8. The van der Waals surface area contributed by atoms with Gasteiger partial charge in [0, 0.05) is 97.4 Å². The third kappa shape index (κ3) is 6.05. The van der Waals surface area contributed by atoms with Gasteiger partial charge in [0.05, 0.1) is 26.8 Å². The number of amides is 1. The van der Waals surface area contributed by atoms with Crippen LogP contribution < -0.4 is 15.0 Å². The average molecular weight is 848 g/mol. The molecular formula is C50H65N5O7. The van der Waals surface area contributed by atoms with Gasteiger partial charge < -0.3 is 34.5 Å². The number of ether oxygens (including phenoxy) is 3. The predicted molar refractivity (Wildman–Crippen MR) is 239 cm³/mol. The number of fused-ring (bicyclic) bond motifs is 6. The van der Waals surface area contributed by atoms with Crippen LogP contribution in [0.1, 0.15) is 89.1 Å². The highest BCUT2D eigenvalue weighted by Gasteiger charge is 2.78. The first-order valence-electron chi connectivity index (χ1n) is 22.9. The maximum atomic E-state index is 15.4. The lowest BCUT2D eigenvalue weighted by Gasteiger charge is -2.64. The monoisotopic (exact) mass is 847 g/mol. The third-order valence-electron chi connectivity index (χ3n) is 15.8. The summed E-state index contributed by atoms with van der Waals surface area (Å²) in [5, 5.41) is 18.0. The number of anilines is 1. The molecule has 3 N–H and O–H groups in total. The minimum Gasteiger partial charge on any atom is -0.496 e. The van der Waals surface area contributed by atoms with Crippen molar-refractivity contribution in [3.63, 3.8) is 0 Å². The maximum absolute atomic E-state index is 15.4. The molecule has 1 spiro atoms. The summed E-state index contributed by atoms with van der Waals surface area (Å²) >= 11 is 0. The van der Waals surface area contributed by atoms with E-state index < -0.39 is 40.0 Å². The zero-order valence-corrected chi connectivity index (χ0v) is 37.8. The van der Waals surface area contributed by atoms with Crippen molar-refractivity contribution in [2.45, 2.75) is 108 Å². The summed E-state index contributed by atoms with van der Waals surface area (Å²) in [4.78, 5) is 53.1. The molecule has 1 saturated carbocycles.